The van der Waals surface area contributed by atoms with E-state index in [9.17, 15) is 5.11 Å². The molecule has 0 amide bonds. The highest BCUT2D eigenvalue weighted by molar-refractivity contribution is 5.14. The van der Waals surface area contributed by atoms with Gasteiger partial charge in [-0.05, 0) is 24.8 Å². The molecule has 0 bridgehead atoms. The van der Waals surface area contributed by atoms with Crippen LogP contribution < -0.4 is 0 Å². The molecule has 0 aromatic carbocycles. The Kier molecular flexibility index (Phi) is 4.77. The van der Waals surface area contributed by atoms with Gasteiger partial charge in [0.2, 0.25) is 0 Å². The minimum Gasteiger partial charge on any atom is -0.386 e. The van der Waals surface area contributed by atoms with Crippen LogP contribution in [0.1, 0.15) is 38.5 Å². The van der Waals surface area contributed by atoms with E-state index in [0.29, 0.717) is 0 Å². The second kappa shape index (κ2) is 5.64. The molecule has 0 radical (unpaired) electrons. The maximum atomic E-state index is 10.2. The molecule has 0 heterocycles. The van der Waals surface area contributed by atoms with E-state index in [-0.39, 0.29) is 6.29 Å². The molecule has 15 heavy (non-hydrogen) atoms. The lowest BCUT2D eigenvalue weighted by molar-refractivity contribution is -0.106. The molecule has 0 aromatic heterocycles. The Morgan fingerprint density at radius 1 is 1.33 bits per heavy atom. The van der Waals surface area contributed by atoms with Crippen molar-refractivity contribution in [3.8, 4) is 0 Å². The van der Waals surface area contributed by atoms with Crippen molar-refractivity contribution in [3.05, 3.63) is 12.2 Å². The molecule has 1 aliphatic rings. The summed E-state index contributed by atoms with van der Waals surface area (Å²) >= 11 is 0. The van der Waals surface area contributed by atoms with Crippen molar-refractivity contribution in [2.75, 3.05) is 14.2 Å². The molecule has 1 aliphatic carbocycles. The monoisotopic (exact) mass is 214 g/mol. The zero-order valence-corrected chi connectivity index (χ0v) is 9.79. The first-order chi connectivity index (χ1) is 7.12. The molecule has 3 nitrogen and oxygen atoms in total. The van der Waals surface area contributed by atoms with E-state index in [1.807, 2.05) is 0 Å². The van der Waals surface area contributed by atoms with Crippen molar-refractivity contribution in [2.45, 2.75) is 50.4 Å². The molecule has 0 unspecified atom stereocenters. The van der Waals surface area contributed by atoms with Crippen molar-refractivity contribution in [3.63, 3.8) is 0 Å². The van der Waals surface area contributed by atoms with Crippen LogP contribution in [0.15, 0.2) is 12.2 Å². The Bertz CT molecular complexity index is 203. The maximum absolute atomic E-state index is 10.2. The predicted molar refractivity (Wildman–Crippen MR) is 59.6 cm³/mol. The zero-order chi connectivity index (χ0) is 11.3. The van der Waals surface area contributed by atoms with Crippen molar-refractivity contribution < 1.29 is 14.6 Å². The normalized spacial score (nSPS) is 19.7. The Balaban J connectivity index is 2.35. The lowest BCUT2D eigenvalue weighted by atomic mass is 9.90. The first kappa shape index (κ1) is 12.7. The van der Waals surface area contributed by atoms with Crippen LogP contribution in [-0.2, 0) is 9.47 Å². The number of rotatable bonds is 6. The summed E-state index contributed by atoms with van der Waals surface area (Å²) in [5.74, 6) is 0. The van der Waals surface area contributed by atoms with Crippen LogP contribution in [0, 0.1) is 0 Å². The quantitative estimate of drug-likeness (QED) is 0.544. The molecule has 0 aliphatic heterocycles. The van der Waals surface area contributed by atoms with Gasteiger partial charge in [0.1, 0.15) is 0 Å². The highest BCUT2D eigenvalue weighted by atomic mass is 16.7. The summed E-state index contributed by atoms with van der Waals surface area (Å²) in [6.07, 6.45) is 5.26. The molecule has 1 rings (SSSR count). The fourth-order valence-electron chi connectivity index (χ4n) is 2.17. The molecule has 0 atom stereocenters. The first-order valence-electron chi connectivity index (χ1n) is 5.58. The summed E-state index contributed by atoms with van der Waals surface area (Å²) in [5.41, 5.74) is 0.311. The van der Waals surface area contributed by atoms with E-state index in [0.717, 1.165) is 44.1 Å². The molecule has 0 aromatic rings. The van der Waals surface area contributed by atoms with Crippen LogP contribution in [0.3, 0.4) is 0 Å². The predicted octanol–water partition coefficient (Wildman–Crippen LogP) is 2.25. The Morgan fingerprint density at radius 3 is 2.33 bits per heavy atom. The molecule has 1 saturated carbocycles. The van der Waals surface area contributed by atoms with Crippen LogP contribution in [0.4, 0.5) is 0 Å². The average Bonchev–Trinajstić information content (AvgIpc) is 2.68. The second-order valence-electron chi connectivity index (χ2n) is 4.28. The van der Waals surface area contributed by atoms with Gasteiger partial charge in [-0.15, -0.1) is 0 Å². The van der Waals surface area contributed by atoms with Gasteiger partial charge in [0.15, 0.2) is 6.29 Å². The van der Waals surface area contributed by atoms with Crippen LogP contribution in [0.25, 0.3) is 0 Å². The summed E-state index contributed by atoms with van der Waals surface area (Å²) in [4.78, 5) is 0. The standard InChI is InChI=1S/C12H22O3/c1-10(6-7-11(14-2)15-3)12(13)8-4-5-9-12/h11,13H,1,4-9H2,2-3H3. The van der Waals surface area contributed by atoms with Gasteiger partial charge in [0, 0.05) is 20.6 Å². The van der Waals surface area contributed by atoms with Crippen molar-refractivity contribution >= 4 is 0 Å². The number of aliphatic hydroxyl groups is 1. The maximum Gasteiger partial charge on any atom is 0.157 e. The zero-order valence-electron chi connectivity index (χ0n) is 9.79. The molecule has 1 fully saturated rings. The molecule has 0 spiro atoms. The number of hydrogen-bond acceptors (Lipinski definition) is 3. The van der Waals surface area contributed by atoms with E-state index in [2.05, 4.69) is 6.58 Å². The highest BCUT2D eigenvalue weighted by Gasteiger charge is 2.33. The number of hydrogen-bond donors (Lipinski definition) is 1. The first-order valence-corrected chi connectivity index (χ1v) is 5.58. The van der Waals surface area contributed by atoms with Gasteiger partial charge in [-0.25, -0.2) is 0 Å². The Labute approximate surface area is 92.1 Å². The summed E-state index contributed by atoms with van der Waals surface area (Å²) in [5, 5.41) is 10.2. The molecule has 0 saturated heterocycles. The summed E-state index contributed by atoms with van der Waals surface area (Å²) in [6.45, 7) is 3.99. The van der Waals surface area contributed by atoms with E-state index in [1.54, 1.807) is 14.2 Å². The van der Waals surface area contributed by atoms with Crippen LogP contribution in [-0.4, -0.2) is 31.2 Å². The minimum absolute atomic E-state index is 0.188. The van der Waals surface area contributed by atoms with Crippen LogP contribution in [0.2, 0.25) is 0 Å². The topological polar surface area (TPSA) is 38.7 Å². The van der Waals surface area contributed by atoms with Gasteiger partial charge in [-0.3, -0.25) is 0 Å². The van der Waals surface area contributed by atoms with Crippen LogP contribution in [0.5, 0.6) is 0 Å². The fraction of sp³-hybridized carbons (Fsp3) is 0.833. The lowest BCUT2D eigenvalue weighted by Gasteiger charge is -2.26. The third-order valence-electron chi connectivity index (χ3n) is 3.30. The SMILES string of the molecule is C=C(CCC(OC)OC)C1(O)CCCC1. The molecule has 3 heteroatoms. The van der Waals surface area contributed by atoms with Gasteiger partial charge in [0.25, 0.3) is 0 Å². The van der Waals surface area contributed by atoms with Crippen molar-refractivity contribution in [1.82, 2.24) is 0 Å². The molecular formula is C12H22O3. The molecular weight excluding hydrogens is 192 g/mol. The number of methoxy groups -OCH3 is 2. The average molecular weight is 214 g/mol. The van der Waals surface area contributed by atoms with E-state index in [1.165, 1.54) is 0 Å². The van der Waals surface area contributed by atoms with Gasteiger partial charge >= 0.3 is 0 Å². The number of ether oxygens (including phenoxy) is 2. The van der Waals surface area contributed by atoms with E-state index < -0.39 is 5.60 Å². The van der Waals surface area contributed by atoms with Gasteiger partial charge in [-0.2, -0.15) is 0 Å². The molecule has 88 valence electrons. The van der Waals surface area contributed by atoms with E-state index in [4.69, 9.17) is 9.47 Å². The molecule has 1 N–H and O–H groups in total. The van der Waals surface area contributed by atoms with Gasteiger partial charge in [0.05, 0.1) is 5.60 Å². The Hall–Kier alpha value is -0.380. The minimum atomic E-state index is -0.619. The van der Waals surface area contributed by atoms with Crippen LogP contribution >= 0.6 is 0 Å². The largest absolute Gasteiger partial charge is 0.386 e. The summed E-state index contributed by atoms with van der Waals surface area (Å²) in [7, 11) is 3.25. The third-order valence-corrected chi connectivity index (χ3v) is 3.30. The second-order valence-corrected chi connectivity index (χ2v) is 4.28. The fourth-order valence-corrected chi connectivity index (χ4v) is 2.17. The van der Waals surface area contributed by atoms with Gasteiger partial charge in [-0.1, -0.05) is 19.4 Å². The highest BCUT2D eigenvalue weighted by Crippen LogP contribution is 2.36. The third kappa shape index (κ3) is 3.30. The summed E-state index contributed by atoms with van der Waals surface area (Å²) in [6, 6.07) is 0. The van der Waals surface area contributed by atoms with Gasteiger partial charge < -0.3 is 14.6 Å². The van der Waals surface area contributed by atoms with E-state index >= 15 is 0 Å². The van der Waals surface area contributed by atoms with Crippen molar-refractivity contribution in [2.24, 2.45) is 0 Å². The smallest absolute Gasteiger partial charge is 0.157 e. The lowest BCUT2D eigenvalue weighted by Crippen LogP contribution is -2.27. The summed E-state index contributed by atoms with van der Waals surface area (Å²) < 4.78 is 10.2. The van der Waals surface area contributed by atoms with Crippen molar-refractivity contribution in [1.29, 1.82) is 0 Å². The Morgan fingerprint density at radius 2 is 1.87 bits per heavy atom.